The minimum absolute atomic E-state index is 0.216. The number of urea groups is 1. The van der Waals surface area contributed by atoms with E-state index in [2.05, 4.69) is 22.0 Å². The van der Waals surface area contributed by atoms with Gasteiger partial charge in [0.2, 0.25) is 11.9 Å². The van der Waals surface area contributed by atoms with Gasteiger partial charge in [0.25, 0.3) is 0 Å². The van der Waals surface area contributed by atoms with E-state index in [1.165, 1.54) is 0 Å². The molecule has 0 aliphatic carbocycles. The van der Waals surface area contributed by atoms with Crippen LogP contribution in [0.4, 0.5) is 28.2 Å². The van der Waals surface area contributed by atoms with Crippen LogP contribution < -0.4 is 29.5 Å². The van der Waals surface area contributed by atoms with Gasteiger partial charge in [-0.25, -0.2) is 19.7 Å². The number of rotatable bonds is 11. The number of benzene rings is 3. The molecule has 12 nitrogen and oxygen atoms in total. The summed E-state index contributed by atoms with van der Waals surface area (Å²) in [4.78, 5) is 39.5. The summed E-state index contributed by atoms with van der Waals surface area (Å²) >= 11 is 0. The summed E-state index contributed by atoms with van der Waals surface area (Å²) in [5, 5.41) is 3.12. The van der Waals surface area contributed by atoms with E-state index in [0.29, 0.717) is 70.1 Å². The molecule has 12 heteroatoms. The first-order valence-corrected chi connectivity index (χ1v) is 17.3. The van der Waals surface area contributed by atoms with Gasteiger partial charge in [-0.1, -0.05) is 49.4 Å². The number of morpholine rings is 1. The number of carbonyl (C=O) groups excluding carboxylic acids is 1. The Morgan fingerprint density at radius 3 is 2.08 bits per heavy atom. The second-order valence-electron chi connectivity index (χ2n) is 12.4. The molecule has 1 N–H and O–H groups in total. The number of fused-ring (bicyclic) bond motifs is 1. The molecule has 2 amide bonds. The molecule has 3 aromatic carbocycles. The predicted molar refractivity (Wildman–Crippen MR) is 198 cm³/mol. The molecule has 0 spiro atoms. The van der Waals surface area contributed by atoms with E-state index in [1.54, 1.807) is 19.1 Å². The van der Waals surface area contributed by atoms with E-state index in [4.69, 9.17) is 34.1 Å². The van der Waals surface area contributed by atoms with Gasteiger partial charge in [-0.2, -0.15) is 4.98 Å². The number of aromatic nitrogens is 4. The molecule has 0 unspecified atom stereocenters. The largest absolute Gasteiger partial charge is 0.497 e. The smallest absolute Gasteiger partial charge is 0.327 e. The summed E-state index contributed by atoms with van der Waals surface area (Å²) in [5.74, 6) is 3.36. The highest BCUT2D eigenvalue weighted by Crippen LogP contribution is 2.36. The number of hydrogen-bond acceptors (Lipinski definition) is 10. The van der Waals surface area contributed by atoms with Crippen LogP contribution in [0.25, 0.3) is 11.3 Å². The molecule has 5 aromatic rings. The van der Waals surface area contributed by atoms with E-state index in [0.717, 1.165) is 57.1 Å². The molecule has 2 aliphatic heterocycles. The highest BCUT2D eigenvalue weighted by molar-refractivity contribution is 6.03. The van der Waals surface area contributed by atoms with Crippen LogP contribution in [-0.2, 0) is 30.7 Å². The van der Waals surface area contributed by atoms with Crippen LogP contribution in [0.5, 0.6) is 11.5 Å². The van der Waals surface area contributed by atoms with Crippen LogP contribution in [0.1, 0.15) is 29.2 Å². The zero-order chi connectivity index (χ0) is 35.2. The number of ether oxygens (including phenoxy) is 3. The molecule has 0 saturated carbocycles. The minimum atomic E-state index is -0.216. The van der Waals surface area contributed by atoms with Gasteiger partial charge in [0, 0.05) is 61.9 Å². The van der Waals surface area contributed by atoms with Crippen LogP contribution in [0.2, 0.25) is 0 Å². The van der Waals surface area contributed by atoms with Crippen LogP contribution in [0.3, 0.4) is 0 Å². The lowest BCUT2D eigenvalue weighted by Crippen LogP contribution is -2.38. The summed E-state index contributed by atoms with van der Waals surface area (Å²) in [6.07, 6.45) is 5.07. The van der Waals surface area contributed by atoms with Crippen molar-refractivity contribution in [1.82, 2.24) is 19.9 Å². The van der Waals surface area contributed by atoms with Crippen molar-refractivity contribution in [2.24, 2.45) is 0 Å². The summed E-state index contributed by atoms with van der Waals surface area (Å²) in [6.45, 7) is 6.24. The predicted octanol–water partition coefficient (Wildman–Crippen LogP) is 6.15. The second kappa shape index (κ2) is 15.4. The molecular weight excluding hydrogens is 644 g/mol. The lowest BCUT2D eigenvalue weighted by Gasteiger charge is -2.28. The van der Waals surface area contributed by atoms with Gasteiger partial charge >= 0.3 is 6.03 Å². The second-order valence-corrected chi connectivity index (χ2v) is 12.4. The molecule has 262 valence electrons. The van der Waals surface area contributed by atoms with E-state index in [-0.39, 0.29) is 6.03 Å². The number of methoxy groups -OCH3 is 2. The van der Waals surface area contributed by atoms with Crippen LogP contribution in [-0.4, -0.2) is 73.0 Å². The summed E-state index contributed by atoms with van der Waals surface area (Å²) in [7, 11) is 3.33. The number of amides is 2. The van der Waals surface area contributed by atoms with Gasteiger partial charge in [-0.15, -0.1) is 0 Å². The molecule has 1 fully saturated rings. The molecule has 2 aliphatic rings. The molecule has 0 radical (unpaired) electrons. The Bertz CT molecular complexity index is 1900. The number of nitrogens with zero attached hydrogens (tertiary/aromatic N) is 7. The summed E-state index contributed by atoms with van der Waals surface area (Å²) < 4.78 is 16.4. The number of carbonyl (C=O) groups is 1. The van der Waals surface area contributed by atoms with Crippen LogP contribution >= 0.6 is 0 Å². The molecule has 4 heterocycles. The molecule has 51 heavy (non-hydrogen) atoms. The maximum atomic E-state index is 13.7. The van der Waals surface area contributed by atoms with Crippen molar-refractivity contribution in [1.29, 1.82) is 0 Å². The van der Waals surface area contributed by atoms with Crippen molar-refractivity contribution in [3.8, 4) is 22.8 Å². The summed E-state index contributed by atoms with van der Waals surface area (Å²) in [6, 6.07) is 23.7. The third kappa shape index (κ3) is 7.56. The zero-order valence-electron chi connectivity index (χ0n) is 29.2. The Hall–Kier alpha value is -5.75. The standard InChI is InChI=1S/C39H42N8O4/c1-4-29-7-5-6-8-34(29)42-39(48)47-18-17-33-35(43-38(44-36(33)47)45-19-21-51-22-20-45)30-23-40-37(41-24-30)46(25-27-9-13-31(49-2)14-10-27)26-28-11-15-32(50-3)16-12-28/h5-16,23-24H,4,17-22,25-26H2,1-3H3,(H,42,48). The fourth-order valence-electron chi connectivity index (χ4n) is 6.42. The Morgan fingerprint density at radius 1 is 0.843 bits per heavy atom. The van der Waals surface area contributed by atoms with Crippen molar-refractivity contribution in [2.45, 2.75) is 32.9 Å². The van der Waals surface area contributed by atoms with Crippen LogP contribution in [0.15, 0.2) is 85.2 Å². The highest BCUT2D eigenvalue weighted by Gasteiger charge is 2.32. The molecule has 0 bridgehead atoms. The van der Waals surface area contributed by atoms with Gasteiger partial charge in [0.05, 0.1) is 33.1 Å². The van der Waals surface area contributed by atoms with Gasteiger partial charge in [-0.05, 0) is 59.9 Å². The SMILES string of the molecule is CCc1ccccc1NC(=O)N1CCc2c(-c3cnc(N(Cc4ccc(OC)cc4)Cc4ccc(OC)cc4)nc3)nc(N3CCOCC3)nc21. The van der Waals surface area contributed by atoms with Crippen molar-refractivity contribution >= 4 is 29.4 Å². The monoisotopic (exact) mass is 686 g/mol. The Kier molecular flexibility index (Phi) is 10.2. The van der Waals surface area contributed by atoms with Gasteiger partial charge in [0.15, 0.2) is 0 Å². The molecular formula is C39H42N8O4. The average molecular weight is 687 g/mol. The lowest BCUT2D eigenvalue weighted by molar-refractivity contribution is 0.122. The van der Waals surface area contributed by atoms with Crippen molar-refractivity contribution in [3.63, 3.8) is 0 Å². The number of para-hydroxylation sites is 1. The number of hydrogen-bond donors (Lipinski definition) is 1. The lowest BCUT2D eigenvalue weighted by atomic mass is 10.1. The summed E-state index contributed by atoms with van der Waals surface area (Å²) in [5.41, 5.74) is 6.47. The third-order valence-corrected chi connectivity index (χ3v) is 9.25. The average Bonchev–Trinajstić information content (AvgIpc) is 3.63. The zero-order valence-corrected chi connectivity index (χ0v) is 29.2. The van der Waals surface area contributed by atoms with Crippen molar-refractivity contribution in [2.75, 3.05) is 67.1 Å². The first kappa shape index (κ1) is 33.7. The fourth-order valence-corrected chi connectivity index (χ4v) is 6.42. The first-order valence-electron chi connectivity index (χ1n) is 17.3. The molecule has 2 aromatic heterocycles. The maximum absolute atomic E-state index is 13.7. The Balaban J connectivity index is 1.21. The van der Waals surface area contributed by atoms with Crippen LogP contribution in [0, 0.1) is 0 Å². The quantitative estimate of drug-likeness (QED) is 0.173. The topological polar surface area (TPSA) is 118 Å². The normalized spacial score (nSPS) is 13.9. The highest BCUT2D eigenvalue weighted by atomic mass is 16.5. The van der Waals surface area contributed by atoms with E-state index in [9.17, 15) is 4.79 Å². The van der Waals surface area contributed by atoms with Gasteiger partial charge in [0.1, 0.15) is 17.3 Å². The van der Waals surface area contributed by atoms with Gasteiger partial charge in [-0.3, -0.25) is 4.90 Å². The molecule has 1 saturated heterocycles. The number of aryl methyl sites for hydroxylation is 1. The molecule has 0 atom stereocenters. The Morgan fingerprint density at radius 2 is 1.47 bits per heavy atom. The third-order valence-electron chi connectivity index (χ3n) is 9.25. The minimum Gasteiger partial charge on any atom is -0.497 e. The van der Waals surface area contributed by atoms with Gasteiger partial charge < -0.3 is 29.3 Å². The Labute approximate surface area is 298 Å². The van der Waals surface area contributed by atoms with Crippen molar-refractivity contribution in [3.05, 3.63) is 107 Å². The number of anilines is 4. The molecule has 7 rings (SSSR count). The maximum Gasteiger partial charge on any atom is 0.327 e. The van der Waals surface area contributed by atoms with E-state index >= 15 is 0 Å². The first-order chi connectivity index (χ1) is 25.0. The van der Waals surface area contributed by atoms with Crippen molar-refractivity contribution < 1.29 is 19.0 Å². The fraction of sp³-hybridized carbons (Fsp3) is 0.308. The number of nitrogens with one attached hydrogen (secondary N) is 1. The van der Waals surface area contributed by atoms with E-state index < -0.39 is 0 Å². The van der Waals surface area contributed by atoms with E-state index in [1.807, 2.05) is 85.2 Å².